The molecule has 0 aromatic carbocycles. The quantitative estimate of drug-likeness (QED) is 0.818. The first-order valence-corrected chi connectivity index (χ1v) is 7.32. The number of hydrogen-bond donors (Lipinski definition) is 0. The molecule has 0 N–H and O–H groups in total. The lowest BCUT2D eigenvalue weighted by Gasteiger charge is -2.40. The van der Waals surface area contributed by atoms with Crippen molar-refractivity contribution in [3.63, 3.8) is 0 Å². The second kappa shape index (κ2) is 6.49. The molecule has 1 aromatic rings. The minimum absolute atomic E-state index is 0.00443. The zero-order valence-electron chi connectivity index (χ0n) is 13.3. The van der Waals surface area contributed by atoms with E-state index in [0.717, 1.165) is 30.9 Å². The maximum Gasteiger partial charge on any atom is 0.255 e. The summed E-state index contributed by atoms with van der Waals surface area (Å²) in [6, 6.07) is 0. The van der Waals surface area contributed by atoms with Crippen LogP contribution in [0.1, 0.15) is 25.2 Å². The fourth-order valence-corrected chi connectivity index (χ4v) is 2.59. The van der Waals surface area contributed by atoms with Crippen LogP contribution in [-0.4, -0.2) is 65.1 Å². The fraction of sp³-hybridized carbons (Fsp3) is 0.667. The van der Waals surface area contributed by atoms with Crippen molar-refractivity contribution in [3.05, 3.63) is 23.8 Å². The summed E-state index contributed by atoms with van der Waals surface area (Å²) >= 11 is 0. The minimum atomic E-state index is -0.772. The number of morpholine rings is 1. The van der Waals surface area contributed by atoms with E-state index in [4.69, 9.17) is 4.74 Å². The Morgan fingerprint density at radius 2 is 2.10 bits per heavy atom. The van der Waals surface area contributed by atoms with Crippen molar-refractivity contribution in [2.75, 3.05) is 33.8 Å². The normalized spacial score (nSPS) is 23.0. The third kappa shape index (κ3) is 3.77. The van der Waals surface area contributed by atoms with Gasteiger partial charge in [-0.05, 0) is 6.92 Å². The van der Waals surface area contributed by atoms with Gasteiger partial charge in [0.25, 0.3) is 5.91 Å². The zero-order chi connectivity index (χ0) is 15.5. The van der Waals surface area contributed by atoms with Crippen LogP contribution in [0.5, 0.6) is 0 Å². The van der Waals surface area contributed by atoms with Gasteiger partial charge in [0.1, 0.15) is 5.82 Å². The molecular formula is C15H24N4O2. The summed E-state index contributed by atoms with van der Waals surface area (Å²) in [5.74, 6) is 0.859. The molecular weight excluding hydrogens is 268 g/mol. The summed E-state index contributed by atoms with van der Waals surface area (Å²) in [5.41, 5.74) is 0.292. The molecule has 1 fully saturated rings. The van der Waals surface area contributed by atoms with Gasteiger partial charge >= 0.3 is 0 Å². The molecule has 0 radical (unpaired) electrons. The average molecular weight is 292 g/mol. The molecule has 21 heavy (non-hydrogen) atoms. The second-order valence-corrected chi connectivity index (χ2v) is 5.85. The Labute approximate surface area is 126 Å². The first-order chi connectivity index (χ1) is 9.94. The predicted molar refractivity (Wildman–Crippen MR) is 79.7 cm³/mol. The molecule has 0 spiro atoms. The van der Waals surface area contributed by atoms with Crippen molar-refractivity contribution in [3.8, 4) is 0 Å². The smallest absolute Gasteiger partial charge is 0.255 e. The van der Waals surface area contributed by atoms with Crippen molar-refractivity contribution in [2.45, 2.75) is 32.4 Å². The lowest BCUT2D eigenvalue weighted by atomic mass is 10.0. The molecule has 1 aliphatic heterocycles. The minimum Gasteiger partial charge on any atom is -0.363 e. The Kier molecular flexibility index (Phi) is 4.90. The van der Waals surface area contributed by atoms with Crippen molar-refractivity contribution < 1.29 is 9.53 Å². The number of carbonyl (C=O) groups is 1. The van der Waals surface area contributed by atoms with E-state index in [-0.39, 0.29) is 5.91 Å². The molecule has 116 valence electrons. The van der Waals surface area contributed by atoms with Gasteiger partial charge in [0.05, 0.1) is 6.61 Å². The van der Waals surface area contributed by atoms with E-state index in [0.29, 0.717) is 13.2 Å². The number of carbonyl (C=O) groups excluding carboxylic acids is 1. The first kappa shape index (κ1) is 15.9. The van der Waals surface area contributed by atoms with Crippen LogP contribution in [-0.2, 0) is 22.5 Å². The Bertz CT molecular complexity index is 489. The molecule has 1 amide bonds. The molecule has 1 aliphatic rings. The topological polar surface area (TPSA) is 58.6 Å². The lowest BCUT2D eigenvalue weighted by molar-refractivity contribution is -0.165. The Morgan fingerprint density at radius 1 is 1.43 bits per heavy atom. The van der Waals surface area contributed by atoms with Gasteiger partial charge < -0.3 is 9.64 Å². The van der Waals surface area contributed by atoms with Gasteiger partial charge in [0.2, 0.25) is 0 Å². The lowest BCUT2D eigenvalue weighted by Crippen LogP contribution is -2.57. The van der Waals surface area contributed by atoms with Crippen LogP contribution >= 0.6 is 0 Å². The van der Waals surface area contributed by atoms with Crippen LogP contribution in [0.3, 0.4) is 0 Å². The Hall–Kier alpha value is -1.53. The summed E-state index contributed by atoms with van der Waals surface area (Å²) in [6.07, 6.45) is 4.58. The van der Waals surface area contributed by atoms with Crippen LogP contribution in [0.2, 0.25) is 0 Å². The van der Waals surface area contributed by atoms with Gasteiger partial charge in [-0.3, -0.25) is 9.69 Å². The van der Waals surface area contributed by atoms with E-state index >= 15 is 0 Å². The molecule has 1 atom stereocenters. The van der Waals surface area contributed by atoms with E-state index < -0.39 is 5.60 Å². The molecule has 0 aliphatic carbocycles. The Balaban J connectivity index is 2.02. The highest BCUT2D eigenvalue weighted by atomic mass is 16.5. The number of aromatic nitrogens is 2. The van der Waals surface area contributed by atoms with Crippen LogP contribution in [0.4, 0.5) is 0 Å². The summed E-state index contributed by atoms with van der Waals surface area (Å²) < 4.78 is 5.73. The van der Waals surface area contributed by atoms with Gasteiger partial charge in [-0.25, -0.2) is 9.97 Å². The zero-order valence-corrected chi connectivity index (χ0v) is 13.3. The van der Waals surface area contributed by atoms with Crippen molar-refractivity contribution in [2.24, 2.45) is 0 Å². The van der Waals surface area contributed by atoms with Gasteiger partial charge in [-0.2, -0.15) is 0 Å². The first-order valence-electron chi connectivity index (χ1n) is 7.32. The summed E-state index contributed by atoms with van der Waals surface area (Å²) in [7, 11) is 3.51. The summed E-state index contributed by atoms with van der Waals surface area (Å²) in [6.45, 7) is 6.59. The molecule has 0 unspecified atom stereocenters. The van der Waals surface area contributed by atoms with Gasteiger partial charge in [0, 0.05) is 58.1 Å². The highest BCUT2D eigenvalue weighted by Gasteiger charge is 2.40. The third-order valence-corrected chi connectivity index (χ3v) is 3.69. The number of likely N-dealkylation sites (N-methyl/N-ethyl adjacent to an activating group) is 1. The average Bonchev–Trinajstić information content (AvgIpc) is 2.47. The van der Waals surface area contributed by atoms with Gasteiger partial charge in [-0.1, -0.05) is 6.92 Å². The highest BCUT2D eigenvalue weighted by Crippen LogP contribution is 2.21. The second-order valence-electron chi connectivity index (χ2n) is 5.85. The largest absolute Gasteiger partial charge is 0.363 e. The molecule has 2 heterocycles. The third-order valence-electron chi connectivity index (χ3n) is 3.69. The molecule has 1 saturated heterocycles. The van der Waals surface area contributed by atoms with E-state index in [2.05, 4.69) is 14.9 Å². The van der Waals surface area contributed by atoms with Crippen LogP contribution in [0.15, 0.2) is 12.4 Å². The van der Waals surface area contributed by atoms with Crippen LogP contribution in [0.25, 0.3) is 0 Å². The summed E-state index contributed by atoms with van der Waals surface area (Å²) in [4.78, 5) is 24.7. The van der Waals surface area contributed by atoms with Crippen LogP contribution < -0.4 is 0 Å². The SMILES string of the molecule is CCc1ncc(CN2CCO[C@@](C)(C(=O)N(C)C)C2)cn1. The number of hydrogen-bond acceptors (Lipinski definition) is 5. The number of nitrogens with zero attached hydrogens (tertiary/aromatic N) is 4. The highest BCUT2D eigenvalue weighted by molar-refractivity contribution is 5.84. The van der Waals surface area contributed by atoms with E-state index in [1.54, 1.807) is 19.0 Å². The molecule has 2 rings (SSSR count). The van der Waals surface area contributed by atoms with Gasteiger partial charge in [-0.15, -0.1) is 0 Å². The standard InChI is InChI=1S/C15H24N4O2/c1-5-13-16-8-12(9-17-13)10-19-6-7-21-15(2,11-19)14(20)18(3)4/h8-9H,5-7,10-11H2,1-4H3/t15-/m1/s1. The number of amides is 1. The fourth-order valence-electron chi connectivity index (χ4n) is 2.59. The van der Waals surface area contributed by atoms with E-state index in [1.807, 2.05) is 26.2 Å². The predicted octanol–water partition coefficient (Wildman–Crippen LogP) is 0.718. The van der Waals surface area contributed by atoms with E-state index in [9.17, 15) is 4.79 Å². The van der Waals surface area contributed by atoms with Crippen molar-refractivity contribution in [1.82, 2.24) is 19.8 Å². The van der Waals surface area contributed by atoms with Crippen molar-refractivity contribution >= 4 is 5.91 Å². The molecule has 6 heteroatoms. The van der Waals surface area contributed by atoms with Gasteiger partial charge in [0.15, 0.2) is 5.60 Å². The number of ether oxygens (including phenoxy) is 1. The van der Waals surface area contributed by atoms with Crippen LogP contribution in [0, 0.1) is 0 Å². The van der Waals surface area contributed by atoms with Crippen molar-refractivity contribution in [1.29, 1.82) is 0 Å². The Morgan fingerprint density at radius 3 is 2.67 bits per heavy atom. The van der Waals surface area contributed by atoms with E-state index in [1.165, 1.54) is 0 Å². The number of aryl methyl sites for hydroxylation is 1. The molecule has 0 saturated carbocycles. The number of rotatable bonds is 4. The molecule has 0 bridgehead atoms. The monoisotopic (exact) mass is 292 g/mol. The molecule has 6 nitrogen and oxygen atoms in total. The maximum atomic E-state index is 12.3. The maximum absolute atomic E-state index is 12.3. The summed E-state index contributed by atoms with van der Waals surface area (Å²) in [5, 5.41) is 0. The molecule has 1 aromatic heterocycles.